The number of nitrogens with one attached hydrogen (secondary N) is 2. The van der Waals surface area contributed by atoms with Crippen LogP contribution in [-0.2, 0) is 6.54 Å². The number of amides is 1. The Morgan fingerprint density at radius 2 is 1.62 bits per heavy atom. The van der Waals surface area contributed by atoms with Crippen LogP contribution in [0.3, 0.4) is 0 Å². The van der Waals surface area contributed by atoms with Crippen molar-refractivity contribution in [3.8, 4) is 11.1 Å². The zero-order valence-electron chi connectivity index (χ0n) is 19.6. The van der Waals surface area contributed by atoms with Crippen molar-refractivity contribution < 1.29 is 9.18 Å². The van der Waals surface area contributed by atoms with Gasteiger partial charge in [0.15, 0.2) is 0 Å². The maximum absolute atomic E-state index is 13.1. The Bertz CT molecular complexity index is 1730. The lowest BCUT2D eigenvalue weighted by Crippen LogP contribution is -2.22. The van der Waals surface area contributed by atoms with Crippen LogP contribution >= 0.6 is 11.3 Å². The Kier molecular flexibility index (Phi) is 6.04. The molecular formula is C30H21FN4OS. The lowest BCUT2D eigenvalue weighted by atomic mass is 10.0. The van der Waals surface area contributed by atoms with Crippen molar-refractivity contribution in [3.63, 3.8) is 0 Å². The molecule has 7 heteroatoms. The summed E-state index contributed by atoms with van der Waals surface area (Å²) in [6, 6.07) is 27.9. The van der Waals surface area contributed by atoms with Gasteiger partial charge in [0.1, 0.15) is 5.82 Å². The Hall–Kier alpha value is -4.62. The SMILES string of the molecule is O=C(NCc1ccc(F)cc1)c1ccc(-c2ccc3c(Nc4ccc5scnc5c4)ccnc3c2)cc1. The highest BCUT2D eigenvalue weighted by atomic mass is 32.1. The molecule has 37 heavy (non-hydrogen) atoms. The molecule has 180 valence electrons. The van der Waals surface area contributed by atoms with Crippen molar-refractivity contribution in [1.29, 1.82) is 0 Å². The van der Waals surface area contributed by atoms with E-state index in [1.807, 2.05) is 35.8 Å². The molecule has 0 bridgehead atoms. The normalized spacial score (nSPS) is 11.1. The summed E-state index contributed by atoms with van der Waals surface area (Å²) in [5.41, 5.74) is 9.06. The van der Waals surface area contributed by atoms with E-state index in [1.165, 1.54) is 12.1 Å². The number of benzene rings is 4. The number of hydrogen-bond acceptors (Lipinski definition) is 5. The minimum Gasteiger partial charge on any atom is -0.355 e. The van der Waals surface area contributed by atoms with Crippen LogP contribution in [0.1, 0.15) is 15.9 Å². The van der Waals surface area contributed by atoms with Crippen molar-refractivity contribution >= 4 is 49.7 Å². The molecule has 0 spiro atoms. The summed E-state index contributed by atoms with van der Waals surface area (Å²) in [4.78, 5) is 21.5. The van der Waals surface area contributed by atoms with E-state index < -0.39 is 0 Å². The van der Waals surface area contributed by atoms with Gasteiger partial charge in [-0.05, 0) is 71.3 Å². The molecule has 2 aromatic heterocycles. The number of halogens is 1. The number of carbonyl (C=O) groups excluding carboxylic acids is 1. The van der Waals surface area contributed by atoms with Crippen LogP contribution in [0.15, 0.2) is 103 Å². The van der Waals surface area contributed by atoms with Gasteiger partial charge in [-0.2, -0.15) is 0 Å². The van der Waals surface area contributed by atoms with Gasteiger partial charge >= 0.3 is 0 Å². The van der Waals surface area contributed by atoms with Crippen molar-refractivity contribution in [2.75, 3.05) is 5.32 Å². The van der Waals surface area contributed by atoms with Gasteiger partial charge in [-0.25, -0.2) is 9.37 Å². The summed E-state index contributed by atoms with van der Waals surface area (Å²) >= 11 is 1.63. The lowest BCUT2D eigenvalue weighted by molar-refractivity contribution is 0.0951. The second kappa shape index (κ2) is 9.79. The summed E-state index contributed by atoms with van der Waals surface area (Å²) in [6.45, 7) is 0.339. The highest BCUT2D eigenvalue weighted by Gasteiger charge is 2.09. The minimum absolute atomic E-state index is 0.178. The average molecular weight is 505 g/mol. The largest absolute Gasteiger partial charge is 0.355 e. The predicted molar refractivity (Wildman–Crippen MR) is 148 cm³/mol. The number of nitrogens with zero attached hydrogens (tertiary/aromatic N) is 2. The number of rotatable bonds is 6. The number of fused-ring (bicyclic) bond motifs is 2. The van der Waals surface area contributed by atoms with Gasteiger partial charge in [0.25, 0.3) is 5.91 Å². The van der Waals surface area contributed by atoms with E-state index in [-0.39, 0.29) is 11.7 Å². The first-order chi connectivity index (χ1) is 18.1. The Morgan fingerprint density at radius 1 is 0.811 bits per heavy atom. The summed E-state index contributed by atoms with van der Waals surface area (Å²) in [5, 5.41) is 7.38. The fourth-order valence-corrected chi connectivity index (χ4v) is 4.89. The quantitative estimate of drug-likeness (QED) is 0.249. The molecule has 0 saturated carbocycles. The zero-order chi connectivity index (χ0) is 25.2. The van der Waals surface area contributed by atoms with Gasteiger partial charge in [0.2, 0.25) is 0 Å². The van der Waals surface area contributed by atoms with E-state index in [0.29, 0.717) is 12.1 Å². The van der Waals surface area contributed by atoms with Gasteiger partial charge in [-0.15, -0.1) is 11.3 Å². The van der Waals surface area contributed by atoms with Crippen molar-refractivity contribution in [2.24, 2.45) is 0 Å². The molecular weight excluding hydrogens is 483 g/mol. The van der Waals surface area contributed by atoms with Crippen LogP contribution in [0.5, 0.6) is 0 Å². The standard InChI is InChI=1S/C30H21FN4OS/c31-23-8-1-19(2-9-23)17-33-30(36)21-5-3-20(4-6-21)22-7-11-25-26(13-14-32-27(25)15-22)35-24-10-12-29-28(16-24)34-18-37-29/h1-16,18H,17H2,(H,32,35)(H,33,36). The van der Waals surface area contributed by atoms with Gasteiger partial charge < -0.3 is 10.6 Å². The number of anilines is 2. The van der Waals surface area contributed by atoms with Crippen LogP contribution in [0.25, 0.3) is 32.2 Å². The second-order valence-electron chi connectivity index (χ2n) is 8.64. The summed E-state index contributed by atoms with van der Waals surface area (Å²) in [6.07, 6.45) is 1.80. The highest BCUT2D eigenvalue weighted by Crippen LogP contribution is 2.30. The van der Waals surface area contributed by atoms with E-state index in [4.69, 9.17) is 0 Å². The molecule has 0 aliphatic carbocycles. The Balaban J connectivity index is 1.19. The van der Waals surface area contributed by atoms with Crippen molar-refractivity contribution in [3.05, 3.63) is 120 Å². The van der Waals surface area contributed by atoms with E-state index in [2.05, 4.69) is 44.9 Å². The van der Waals surface area contributed by atoms with Crippen LogP contribution in [-0.4, -0.2) is 15.9 Å². The third-order valence-corrected chi connectivity index (χ3v) is 7.01. The molecule has 4 aromatic carbocycles. The molecule has 1 amide bonds. The minimum atomic E-state index is -0.296. The Morgan fingerprint density at radius 3 is 2.46 bits per heavy atom. The van der Waals surface area contributed by atoms with Crippen molar-refractivity contribution in [1.82, 2.24) is 15.3 Å². The molecule has 0 unspecified atom stereocenters. The smallest absolute Gasteiger partial charge is 0.251 e. The van der Waals surface area contributed by atoms with Crippen LogP contribution in [0.2, 0.25) is 0 Å². The molecule has 2 N–H and O–H groups in total. The maximum atomic E-state index is 13.1. The first kappa shape index (κ1) is 22.8. The third kappa shape index (κ3) is 4.90. The number of aromatic nitrogens is 2. The fourth-order valence-electron chi connectivity index (χ4n) is 4.23. The molecule has 0 saturated heterocycles. The molecule has 0 aliphatic rings. The number of pyridine rings is 1. The second-order valence-corrected chi connectivity index (χ2v) is 9.52. The first-order valence-electron chi connectivity index (χ1n) is 11.7. The van der Waals surface area contributed by atoms with E-state index in [1.54, 1.807) is 41.8 Å². The topological polar surface area (TPSA) is 66.9 Å². The molecule has 0 atom stereocenters. The number of thiazole rings is 1. The molecule has 5 nitrogen and oxygen atoms in total. The molecule has 6 aromatic rings. The van der Waals surface area contributed by atoms with E-state index in [9.17, 15) is 9.18 Å². The Labute approximate surface area is 216 Å². The number of hydrogen-bond donors (Lipinski definition) is 2. The van der Waals surface area contributed by atoms with E-state index in [0.717, 1.165) is 49.2 Å². The van der Waals surface area contributed by atoms with Gasteiger partial charge in [-0.1, -0.05) is 36.4 Å². The van der Waals surface area contributed by atoms with Crippen LogP contribution < -0.4 is 10.6 Å². The average Bonchev–Trinajstić information content (AvgIpc) is 3.41. The first-order valence-corrected chi connectivity index (χ1v) is 12.6. The van der Waals surface area contributed by atoms with Crippen LogP contribution in [0, 0.1) is 5.82 Å². The fraction of sp³-hybridized carbons (Fsp3) is 0.0333. The van der Waals surface area contributed by atoms with Gasteiger partial charge in [0, 0.05) is 35.1 Å². The maximum Gasteiger partial charge on any atom is 0.251 e. The van der Waals surface area contributed by atoms with Gasteiger partial charge in [0.05, 0.1) is 21.2 Å². The molecule has 0 radical (unpaired) electrons. The van der Waals surface area contributed by atoms with Gasteiger partial charge in [-0.3, -0.25) is 9.78 Å². The molecule has 6 rings (SSSR count). The molecule has 2 heterocycles. The predicted octanol–water partition coefficient (Wildman–Crippen LogP) is 7.32. The molecule has 0 aliphatic heterocycles. The summed E-state index contributed by atoms with van der Waals surface area (Å²) in [7, 11) is 0. The third-order valence-electron chi connectivity index (χ3n) is 6.20. The summed E-state index contributed by atoms with van der Waals surface area (Å²) < 4.78 is 14.2. The zero-order valence-corrected chi connectivity index (χ0v) is 20.4. The van der Waals surface area contributed by atoms with E-state index >= 15 is 0 Å². The summed E-state index contributed by atoms with van der Waals surface area (Å²) in [5.74, 6) is -0.474. The van der Waals surface area contributed by atoms with Crippen LogP contribution in [0.4, 0.5) is 15.8 Å². The number of carbonyl (C=O) groups is 1. The highest BCUT2D eigenvalue weighted by molar-refractivity contribution is 7.16. The monoisotopic (exact) mass is 504 g/mol. The molecule has 0 fully saturated rings. The van der Waals surface area contributed by atoms with Crippen molar-refractivity contribution in [2.45, 2.75) is 6.54 Å². The lowest BCUT2D eigenvalue weighted by Gasteiger charge is -2.11.